The van der Waals surface area contributed by atoms with Crippen molar-refractivity contribution in [2.75, 3.05) is 31.1 Å². The molecule has 4 heteroatoms. The van der Waals surface area contributed by atoms with Crippen molar-refractivity contribution in [3.05, 3.63) is 23.9 Å². The van der Waals surface area contributed by atoms with Gasteiger partial charge in [0, 0.05) is 37.3 Å². The van der Waals surface area contributed by atoms with Crippen molar-refractivity contribution in [1.29, 1.82) is 0 Å². The first kappa shape index (κ1) is 19.8. The van der Waals surface area contributed by atoms with Crippen LogP contribution in [0.4, 0.5) is 5.69 Å². The Morgan fingerprint density at radius 2 is 1.64 bits per heavy atom. The number of fused-ring (bicyclic) bond motifs is 1. The molecule has 2 heterocycles. The lowest BCUT2D eigenvalue weighted by molar-refractivity contribution is 0.479. The molecule has 1 aliphatic carbocycles. The van der Waals surface area contributed by atoms with Crippen molar-refractivity contribution in [3.8, 4) is 0 Å². The molecule has 25 heavy (non-hydrogen) atoms. The molecular weight excluding hydrogens is 308 g/mol. The zero-order valence-electron chi connectivity index (χ0n) is 16.8. The van der Waals surface area contributed by atoms with E-state index in [2.05, 4.69) is 40.0 Å². The van der Waals surface area contributed by atoms with E-state index in [1.54, 1.807) is 0 Å². The maximum absolute atomic E-state index is 4.84. The van der Waals surface area contributed by atoms with Gasteiger partial charge in [-0.1, -0.05) is 40.5 Å². The Morgan fingerprint density at radius 3 is 2.28 bits per heavy atom. The number of benzene rings is 1. The summed E-state index contributed by atoms with van der Waals surface area (Å²) in [6.07, 6.45) is 5.27. The van der Waals surface area contributed by atoms with Crippen LogP contribution in [0, 0.1) is 6.92 Å². The quantitative estimate of drug-likeness (QED) is 0.839. The minimum atomic E-state index is 0.611. The highest BCUT2D eigenvalue weighted by Gasteiger charge is 2.21. The molecule has 1 aromatic carbocycles. The predicted molar refractivity (Wildman–Crippen MR) is 110 cm³/mol. The molecule has 2 aromatic rings. The van der Waals surface area contributed by atoms with E-state index in [1.165, 1.54) is 48.0 Å². The first-order chi connectivity index (χ1) is 12.3. The van der Waals surface area contributed by atoms with Crippen LogP contribution < -0.4 is 10.2 Å². The first-order valence-corrected chi connectivity index (χ1v) is 10.3. The van der Waals surface area contributed by atoms with Crippen LogP contribution in [0.25, 0.3) is 10.9 Å². The van der Waals surface area contributed by atoms with E-state index in [-0.39, 0.29) is 0 Å². The molecule has 140 valence electrons. The van der Waals surface area contributed by atoms with Crippen molar-refractivity contribution in [3.63, 3.8) is 0 Å². The molecule has 4 nitrogen and oxygen atoms in total. The van der Waals surface area contributed by atoms with Gasteiger partial charge in [-0.2, -0.15) is 5.10 Å². The third kappa shape index (κ3) is 4.35. The Balaban J connectivity index is 0.000000528. The fourth-order valence-corrected chi connectivity index (χ4v) is 3.83. The standard InChI is InChI=1S/C17H24N4.2C2H6/c1-13-16-7-6-15(20-10-8-18-9-11-20)12-17(16)21(19-13)14-4-2-3-5-14;2*1-2/h6-7,12,14,18H,2-5,8-11H2,1H3;2*1-2H3. The Hall–Kier alpha value is -1.55. The first-order valence-electron chi connectivity index (χ1n) is 10.3. The van der Waals surface area contributed by atoms with E-state index < -0.39 is 0 Å². The van der Waals surface area contributed by atoms with E-state index >= 15 is 0 Å². The number of anilines is 1. The molecule has 1 saturated heterocycles. The molecular formula is C21H36N4. The van der Waals surface area contributed by atoms with Crippen LogP contribution in [0.1, 0.15) is 65.1 Å². The monoisotopic (exact) mass is 344 g/mol. The Morgan fingerprint density at radius 1 is 1.00 bits per heavy atom. The van der Waals surface area contributed by atoms with Crippen molar-refractivity contribution in [1.82, 2.24) is 15.1 Å². The lowest BCUT2D eigenvalue weighted by Crippen LogP contribution is -2.43. The number of rotatable bonds is 2. The highest BCUT2D eigenvalue weighted by atomic mass is 15.3. The molecule has 2 aliphatic rings. The highest BCUT2D eigenvalue weighted by Crippen LogP contribution is 2.34. The summed E-state index contributed by atoms with van der Waals surface area (Å²) in [7, 11) is 0. The number of hydrogen-bond donors (Lipinski definition) is 1. The van der Waals surface area contributed by atoms with E-state index in [9.17, 15) is 0 Å². The van der Waals surface area contributed by atoms with E-state index in [1.807, 2.05) is 27.7 Å². The normalized spacial score (nSPS) is 17.7. The third-order valence-electron chi connectivity index (χ3n) is 5.03. The summed E-state index contributed by atoms with van der Waals surface area (Å²) in [5.41, 5.74) is 3.85. The number of hydrogen-bond acceptors (Lipinski definition) is 3. The predicted octanol–water partition coefficient (Wildman–Crippen LogP) is 4.92. The molecule has 1 N–H and O–H groups in total. The summed E-state index contributed by atoms with van der Waals surface area (Å²) < 4.78 is 2.31. The Kier molecular flexibility index (Phi) is 7.76. The van der Waals surface area contributed by atoms with Gasteiger partial charge in [0.2, 0.25) is 0 Å². The molecule has 0 atom stereocenters. The average molecular weight is 345 g/mol. The summed E-state index contributed by atoms with van der Waals surface area (Å²) in [6.45, 7) is 14.5. The maximum Gasteiger partial charge on any atom is 0.0709 e. The van der Waals surface area contributed by atoms with Crippen LogP contribution in [0.3, 0.4) is 0 Å². The van der Waals surface area contributed by atoms with Crippen molar-refractivity contribution < 1.29 is 0 Å². The third-order valence-corrected chi connectivity index (χ3v) is 5.03. The zero-order chi connectivity index (χ0) is 18.2. The lowest BCUT2D eigenvalue weighted by atomic mass is 10.1. The van der Waals surface area contributed by atoms with Crippen molar-refractivity contribution in [2.45, 2.75) is 66.3 Å². The molecule has 1 aliphatic heterocycles. The molecule has 2 fully saturated rings. The van der Waals surface area contributed by atoms with Crippen molar-refractivity contribution in [2.24, 2.45) is 0 Å². The van der Waals surface area contributed by atoms with E-state index in [0.29, 0.717) is 6.04 Å². The van der Waals surface area contributed by atoms with Crippen LogP contribution in [0.2, 0.25) is 0 Å². The minimum Gasteiger partial charge on any atom is -0.369 e. The van der Waals surface area contributed by atoms with Gasteiger partial charge in [0.25, 0.3) is 0 Å². The number of nitrogens with zero attached hydrogens (tertiary/aromatic N) is 3. The summed E-state index contributed by atoms with van der Waals surface area (Å²) >= 11 is 0. The van der Waals surface area contributed by atoms with Crippen LogP contribution >= 0.6 is 0 Å². The molecule has 0 radical (unpaired) electrons. The van der Waals surface area contributed by atoms with Crippen LogP contribution in [0.5, 0.6) is 0 Å². The lowest BCUT2D eigenvalue weighted by Gasteiger charge is -2.29. The van der Waals surface area contributed by atoms with Gasteiger partial charge < -0.3 is 10.2 Å². The largest absolute Gasteiger partial charge is 0.369 e. The SMILES string of the molecule is CC.CC.Cc1nn(C2CCCC2)c2cc(N3CCNCC3)ccc12. The fourth-order valence-electron chi connectivity index (χ4n) is 3.83. The van der Waals surface area contributed by atoms with Gasteiger partial charge in [-0.25, -0.2) is 0 Å². The second-order valence-electron chi connectivity index (χ2n) is 6.41. The maximum atomic E-state index is 4.84. The molecule has 0 spiro atoms. The molecule has 0 bridgehead atoms. The molecule has 1 saturated carbocycles. The second kappa shape index (κ2) is 9.81. The molecule has 0 unspecified atom stereocenters. The van der Waals surface area contributed by atoms with Crippen LogP contribution in [-0.2, 0) is 0 Å². The Bertz CT molecular complexity index is 635. The van der Waals surface area contributed by atoms with Crippen LogP contribution in [0.15, 0.2) is 18.2 Å². The molecule has 1 aromatic heterocycles. The summed E-state index contributed by atoms with van der Waals surface area (Å²) in [6, 6.07) is 7.50. The van der Waals surface area contributed by atoms with Gasteiger partial charge in [-0.15, -0.1) is 0 Å². The number of aryl methyl sites for hydroxylation is 1. The summed E-state index contributed by atoms with van der Waals surface area (Å²) in [4.78, 5) is 2.48. The smallest absolute Gasteiger partial charge is 0.0709 e. The van der Waals surface area contributed by atoms with Gasteiger partial charge in [-0.05, 0) is 38.0 Å². The van der Waals surface area contributed by atoms with E-state index in [0.717, 1.165) is 26.2 Å². The van der Waals surface area contributed by atoms with Gasteiger partial charge in [0.1, 0.15) is 0 Å². The molecule has 4 rings (SSSR count). The molecule has 0 amide bonds. The zero-order valence-corrected chi connectivity index (χ0v) is 16.8. The average Bonchev–Trinajstić information content (AvgIpc) is 3.34. The van der Waals surface area contributed by atoms with Gasteiger partial charge in [0.05, 0.1) is 17.3 Å². The van der Waals surface area contributed by atoms with Crippen molar-refractivity contribution >= 4 is 16.6 Å². The van der Waals surface area contributed by atoms with E-state index in [4.69, 9.17) is 5.10 Å². The van der Waals surface area contributed by atoms with Gasteiger partial charge in [-0.3, -0.25) is 4.68 Å². The summed E-state index contributed by atoms with van der Waals surface area (Å²) in [5, 5.41) is 9.59. The topological polar surface area (TPSA) is 33.1 Å². The highest BCUT2D eigenvalue weighted by molar-refractivity contribution is 5.85. The second-order valence-corrected chi connectivity index (χ2v) is 6.41. The number of piperazine rings is 1. The van der Waals surface area contributed by atoms with Gasteiger partial charge in [0.15, 0.2) is 0 Å². The summed E-state index contributed by atoms with van der Waals surface area (Å²) in [5.74, 6) is 0. The van der Waals surface area contributed by atoms with Crippen LogP contribution in [-0.4, -0.2) is 36.0 Å². The number of nitrogens with one attached hydrogen (secondary N) is 1. The van der Waals surface area contributed by atoms with Gasteiger partial charge >= 0.3 is 0 Å². The number of aromatic nitrogens is 2. The Labute approximate surface area is 153 Å². The minimum absolute atomic E-state index is 0.611. The fraction of sp³-hybridized carbons (Fsp3) is 0.667.